The van der Waals surface area contributed by atoms with Crippen molar-refractivity contribution < 1.29 is 0 Å². The molecule has 5 nitrogen and oxygen atoms in total. The summed E-state index contributed by atoms with van der Waals surface area (Å²) in [6.45, 7) is 0. The maximum absolute atomic E-state index is 5.35. The molecule has 1 aliphatic rings. The van der Waals surface area contributed by atoms with Crippen LogP contribution in [0.4, 0.5) is 17.3 Å². The number of fused-ring (bicyclic) bond motifs is 8. The minimum atomic E-state index is 0.680. The number of benzene rings is 8. The monoisotopic (exact) mass is 715 g/mol. The molecule has 0 saturated heterocycles. The van der Waals surface area contributed by atoms with Gasteiger partial charge in [-0.15, -0.1) is 0 Å². The van der Waals surface area contributed by atoms with Crippen LogP contribution in [0.15, 0.2) is 200 Å². The van der Waals surface area contributed by atoms with Gasteiger partial charge in [0.1, 0.15) is 0 Å². The third-order valence-electron chi connectivity index (χ3n) is 10.7. The average molecular weight is 716 g/mol. The first-order chi connectivity index (χ1) is 27.7. The molecule has 1 aliphatic heterocycles. The molecule has 0 radical (unpaired) electrons. The van der Waals surface area contributed by atoms with E-state index >= 15 is 0 Å². The summed E-state index contributed by atoms with van der Waals surface area (Å²) in [4.78, 5) is 18.0. The molecule has 2 aromatic heterocycles. The van der Waals surface area contributed by atoms with Crippen molar-refractivity contribution in [1.29, 1.82) is 0 Å². The molecule has 5 heteroatoms. The van der Waals surface area contributed by atoms with E-state index in [1.54, 1.807) is 0 Å². The van der Waals surface area contributed by atoms with E-state index < -0.39 is 0 Å². The molecule has 0 aliphatic carbocycles. The number of rotatable bonds is 5. The third kappa shape index (κ3) is 5.37. The first-order valence-electron chi connectivity index (χ1n) is 18.9. The maximum Gasteiger partial charge on any atom is 0.220 e. The zero-order chi connectivity index (χ0) is 37.0. The lowest BCUT2D eigenvalue weighted by Crippen LogP contribution is -2.14. The van der Waals surface area contributed by atoms with Gasteiger partial charge < -0.3 is 0 Å². The van der Waals surface area contributed by atoms with E-state index in [0.717, 1.165) is 73.2 Å². The van der Waals surface area contributed by atoms with E-state index in [4.69, 9.17) is 15.0 Å². The Morgan fingerprint density at radius 2 is 0.964 bits per heavy atom. The summed E-state index contributed by atoms with van der Waals surface area (Å²) in [5.41, 5.74) is 14.5. The van der Waals surface area contributed by atoms with Gasteiger partial charge in [-0.1, -0.05) is 152 Å². The molecule has 0 unspecified atom stereocenters. The number of imidazole rings is 1. The van der Waals surface area contributed by atoms with Crippen molar-refractivity contribution in [3.63, 3.8) is 0 Å². The van der Waals surface area contributed by atoms with Crippen LogP contribution < -0.4 is 4.90 Å². The fourth-order valence-electron chi connectivity index (χ4n) is 8.02. The minimum absolute atomic E-state index is 0.680. The second kappa shape index (κ2) is 13.0. The molecule has 0 bridgehead atoms. The highest BCUT2D eigenvalue weighted by Gasteiger charge is 2.30. The van der Waals surface area contributed by atoms with Crippen LogP contribution in [-0.4, -0.2) is 19.5 Å². The summed E-state index contributed by atoms with van der Waals surface area (Å²) in [6, 6.07) is 70.4. The number of nitrogens with zero attached hydrogens (tertiary/aromatic N) is 5. The molecule has 8 aromatic carbocycles. The molecule has 3 heterocycles. The Hall–Kier alpha value is -7.63. The van der Waals surface area contributed by atoms with Crippen LogP contribution in [0.25, 0.3) is 83.6 Å². The molecule has 262 valence electrons. The predicted octanol–water partition coefficient (Wildman–Crippen LogP) is 13.1. The summed E-state index contributed by atoms with van der Waals surface area (Å²) in [5.74, 6) is 1.51. The SMILES string of the molecule is c1ccc(-c2ccc(-c3cc(-c4cccc(N5c6cc7ccccc7cc6-c6ccccc6-n6c5nc5ccccc56)c4)nc(-c4ccccc4)n3)cc2)cc1. The van der Waals surface area contributed by atoms with Crippen molar-refractivity contribution in [2.75, 3.05) is 4.90 Å². The molecule has 10 aromatic rings. The molecule has 0 N–H and O–H groups in total. The van der Waals surface area contributed by atoms with E-state index in [-0.39, 0.29) is 0 Å². The summed E-state index contributed by atoms with van der Waals surface area (Å²) in [6.07, 6.45) is 0. The lowest BCUT2D eigenvalue weighted by molar-refractivity contribution is 1.05. The Morgan fingerprint density at radius 1 is 0.357 bits per heavy atom. The molecular weight excluding hydrogens is 683 g/mol. The van der Waals surface area contributed by atoms with Gasteiger partial charge in [0.2, 0.25) is 5.95 Å². The van der Waals surface area contributed by atoms with Gasteiger partial charge in [0.15, 0.2) is 5.82 Å². The molecule has 0 saturated carbocycles. The second-order valence-electron chi connectivity index (χ2n) is 14.1. The van der Waals surface area contributed by atoms with Gasteiger partial charge in [0, 0.05) is 33.5 Å². The van der Waals surface area contributed by atoms with E-state index in [1.807, 2.05) is 24.3 Å². The minimum Gasteiger partial charge on any atom is -0.280 e. The molecule has 56 heavy (non-hydrogen) atoms. The maximum atomic E-state index is 5.35. The quantitative estimate of drug-likeness (QED) is 0.178. The van der Waals surface area contributed by atoms with Crippen LogP contribution >= 0.6 is 0 Å². The zero-order valence-corrected chi connectivity index (χ0v) is 30.3. The number of aromatic nitrogens is 4. The van der Waals surface area contributed by atoms with Gasteiger partial charge in [-0.3, -0.25) is 9.47 Å². The smallest absolute Gasteiger partial charge is 0.220 e. The lowest BCUT2D eigenvalue weighted by atomic mass is 9.97. The Balaban J connectivity index is 1.11. The molecule has 0 amide bonds. The highest BCUT2D eigenvalue weighted by Crippen LogP contribution is 2.49. The van der Waals surface area contributed by atoms with E-state index in [0.29, 0.717) is 5.82 Å². The van der Waals surface area contributed by atoms with Gasteiger partial charge in [-0.2, -0.15) is 0 Å². The Morgan fingerprint density at radius 3 is 1.77 bits per heavy atom. The molecule has 0 fully saturated rings. The van der Waals surface area contributed by atoms with Crippen molar-refractivity contribution in [3.05, 3.63) is 200 Å². The first kappa shape index (κ1) is 31.9. The Labute approximate surface area is 324 Å². The van der Waals surface area contributed by atoms with Crippen molar-refractivity contribution in [3.8, 4) is 61.8 Å². The van der Waals surface area contributed by atoms with Crippen LogP contribution in [0.1, 0.15) is 0 Å². The zero-order valence-electron chi connectivity index (χ0n) is 30.3. The first-order valence-corrected chi connectivity index (χ1v) is 18.9. The van der Waals surface area contributed by atoms with Crippen LogP contribution in [0, 0.1) is 0 Å². The van der Waals surface area contributed by atoms with Gasteiger partial charge in [-0.25, -0.2) is 15.0 Å². The topological polar surface area (TPSA) is 46.8 Å². The van der Waals surface area contributed by atoms with E-state index in [9.17, 15) is 0 Å². The molecule has 0 spiro atoms. The molecular formula is C51H33N5. The lowest BCUT2D eigenvalue weighted by Gasteiger charge is -2.25. The van der Waals surface area contributed by atoms with Gasteiger partial charge in [-0.05, 0) is 70.4 Å². The van der Waals surface area contributed by atoms with E-state index in [1.165, 1.54) is 21.9 Å². The second-order valence-corrected chi connectivity index (χ2v) is 14.1. The third-order valence-corrected chi connectivity index (χ3v) is 10.7. The van der Waals surface area contributed by atoms with Crippen LogP contribution in [0.2, 0.25) is 0 Å². The largest absolute Gasteiger partial charge is 0.280 e. The number of hydrogen-bond acceptors (Lipinski definition) is 4. The standard InChI is InChI=1S/C51H33N5/c1-3-14-34(15-4-1)35-26-28-36(29-27-35)45-33-46(53-50(52-45)37-16-5-2-6-17-37)40-20-13-21-41(30-40)55-49-32-39-19-8-7-18-38(39)31-43(49)42-22-9-11-24-47(42)56-48-25-12-10-23-44(48)54-51(55)56/h1-33H. The van der Waals surface area contributed by atoms with Gasteiger partial charge in [0.25, 0.3) is 0 Å². The van der Waals surface area contributed by atoms with Gasteiger partial charge in [0.05, 0.1) is 33.8 Å². The predicted molar refractivity (Wildman–Crippen MR) is 230 cm³/mol. The summed E-state index contributed by atoms with van der Waals surface area (Å²) in [5, 5.41) is 2.36. The molecule has 11 rings (SSSR count). The fourth-order valence-corrected chi connectivity index (χ4v) is 8.02. The van der Waals surface area contributed by atoms with E-state index in [2.05, 4.69) is 185 Å². The Bertz CT molecular complexity index is 3080. The fraction of sp³-hybridized carbons (Fsp3) is 0. The number of para-hydroxylation sites is 3. The van der Waals surface area contributed by atoms with Crippen molar-refractivity contribution in [2.24, 2.45) is 0 Å². The normalized spacial score (nSPS) is 11.9. The highest BCUT2D eigenvalue weighted by atomic mass is 15.3. The highest BCUT2D eigenvalue weighted by molar-refractivity contribution is 6.02. The Kier molecular flexibility index (Phi) is 7.42. The summed E-state index contributed by atoms with van der Waals surface area (Å²) < 4.78 is 2.30. The van der Waals surface area contributed by atoms with Crippen molar-refractivity contribution in [1.82, 2.24) is 19.5 Å². The number of hydrogen-bond donors (Lipinski definition) is 0. The van der Waals surface area contributed by atoms with Gasteiger partial charge >= 0.3 is 0 Å². The summed E-state index contributed by atoms with van der Waals surface area (Å²) >= 11 is 0. The molecule has 0 atom stereocenters. The van der Waals surface area contributed by atoms with Crippen molar-refractivity contribution in [2.45, 2.75) is 0 Å². The van der Waals surface area contributed by atoms with Crippen molar-refractivity contribution >= 4 is 39.1 Å². The average Bonchev–Trinajstić information content (AvgIpc) is 3.60. The van der Waals surface area contributed by atoms with Crippen LogP contribution in [-0.2, 0) is 0 Å². The number of anilines is 3. The van der Waals surface area contributed by atoms with Crippen LogP contribution in [0.5, 0.6) is 0 Å². The van der Waals surface area contributed by atoms with Crippen LogP contribution in [0.3, 0.4) is 0 Å². The summed E-state index contributed by atoms with van der Waals surface area (Å²) in [7, 11) is 0.